The van der Waals surface area contributed by atoms with Crippen molar-refractivity contribution in [2.24, 2.45) is 0 Å². The van der Waals surface area contributed by atoms with Crippen molar-refractivity contribution in [2.45, 2.75) is 39.8 Å². The van der Waals surface area contributed by atoms with Gasteiger partial charge in [0.2, 0.25) is 0 Å². The first-order valence-electron chi connectivity index (χ1n) is 8.03. The Labute approximate surface area is 140 Å². The molecule has 0 fully saturated rings. The lowest BCUT2D eigenvalue weighted by Gasteiger charge is -2.15. The maximum absolute atomic E-state index is 12.8. The van der Waals surface area contributed by atoms with Gasteiger partial charge in [0.05, 0.1) is 23.2 Å². The molecule has 0 aliphatic carbocycles. The van der Waals surface area contributed by atoms with Gasteiger partial charge in [-0.05, 0) is 45.4 Å². The number of rotatable bonds is 4. The van der Waals surface area contributed by atoms with Gasteiger partial charge in [-0.25, -0.2) is 9.67 Å². The number of carbonyl (C=O) groups excluding carboxylic acids is 1. The first-order valence-corrected chi connectivity index (χ1v) is 8.03. The topological polar surface area (TPSA) is 72.7 Å². The highest BCUT2D eigenvalue weighted by Gasteiger charge is 2.18. The predicted octanol–water partition coefficient (Wildman–Crippen LogP) is 3.21. The second kappa shape index (κ2) is 6.39. The molecule has 0 saturated carbocycles. The molecule has 1 amide bonds. The number of hydrogen-bond acceptors (Lipinski definition) is 4. The summed E-state index contributed by atoms with van der Waals surface area (Å²) in [5.74, 6) is -0.134. The molecule has 124 valence electrons. The summed E-state index contributed by atoms with van der Waals surface area (Å²) < 4.78 is 1.84. The lowest BCUT2D eigenvalue weighted by atomic mass is 10.1. The average molecular weight is 323 g/mol. The molecule has 0 spiro atoms. The number of carbonyl (C=O) groups is 1. The second-order valence-electron chi connectivity index (χ2n) is 6.21. The minimum absolute atomic E-state index is 0.130. The fourth-order valence-electron chi connectivity index (χ4n) is 2.70. The van der Waals surface area contributed by atoms with Gasteiger partial charge >= 0.3 is 0 Å². The summed E-state index contributed by atoms with van der Waals surface area (Å²) in [4.78, 5) is 21.4. The van der Waals surface area contributed by atoms with E-state index in [0.717, 1.165) is 22.3 Å². The highest BCUT2D eigenvalue weighted by atomic mass is 16.1. The number of nitrogens with zero attached hydrogens (tertiary/aromatic N) is 4. The van der Waals surface area contributed by atoms with E-state index >= 15 is 0 Å². The van der Waals surface area contributed by atoms with E-state index in [4.69, 9.17) is 0 Å². The van der Waals surface area contributed by atoms with Crippen molar-refractivity contribution >= 4 is 16.9 Å². The van der Waals surface area contributed by atoms with Crippen molar-refractivity contribution in [3.05, 3.63) is 53.6 Å². The number of nitrogens with one attached hydrogen (secondary N) is 1. The van der Waals surface area contributed by atoms with E-state index < -0.39 is 0 Å². The molecule has 24 heavy (non-hydrogen) atoms. The zero-order chi connectivity index (χ0) is 17.3. The molecule has 1 atom stereocenters. The van der Waals surface area contributed by atoms with Crippen molar-refractivity contribution in [3.8, 4) is 0 Å². The molecule has 0 saturated heterocycles. The molecule has 3 rings (SSSR count). The van der Waals surface area contributed by atoms with Crippen molar-refractivity contribution in [1.29, 1.82) is 0 Å². The number of aryl methyl sites for hydroxylation is 1. The van der Waals surface area contributed by atoms with Crippen LogP contribution in [0.15, 0.2) is 36.8 Å². The second-order valence-corrected chi connectivity index (χ2v) is 6.21. The van der Waals surface area contributed by atoms with Crippen LogP contribution in [0.3, 0.4) is 0 Å². The minimum atomic E-state index is -0.134. The highest BCUT2D eigenvalue weighted by molar-refractivity contribution is 6.05. The molecule has 0 radical (unpaired) electrons. The van der Waals surface area contributed by atoms with Crippen LogP contribution in [0.25, 0.3) is 11.0 Å². The van der Waals surface area contributed by atoms with Gasteiger partial charge in [-0.3, -0.25) is 9.78 Å². The summed E-state index contributed by atoms with van der Waals surface area (Å²) in [7, 11) is 0. The molecular weight excluding hydrogens is 302 g/mol. The van der Waals surface area contributed by atoms with Gasteiger partial charge in [0.15, 0.2) is 5.65 Å². The molecule has 6 heteroatoms. The molecular formula is C18H21N5O. The van der Waals surface area contributed by atoms with E-state index in [2.05, 4.69) is 20.4 Å². The fraction of sp³-hybridized carbons (Fsp3) is 0.333. The Balaban J connectivity index is 1.95. The van der Waals surface area contributed by atoms with Crippen LogP contribution in [0.4, 0.5) is 0 Å². The van der Waals surface area contributed by atoms with E-state index in [9.17, 15) is 4.79 Å². The Bertz CT molecular complexity index is 870. The summed E-state index contributed by atoms with van der Waals surface area (Å²) in [5.41, 5.74) is 3.10. The van der Waals surface area contributed by atoms with Gasteiger partial charge < -0.3 is 5.32 Å². The third kappa shape index (κ3) is 2.99. The van der Waals surface area contributed by atoms with Gasteiger partial charge in [0.25, 0.3) is 5.91 Å². The van der Waals surface area contributed by atoms with Crippen LogP contribution in [0.2, 0.25) is 0 Å². The highest BCUT2D eigenvalue weighted by Crippen LogP contribution is 2.22. The van der Waals surface area contributed by atoms with Crippen LogP contribution in [-0.4, -0.2) is 25.7 Å². The van der Waals surface area contributed by atoms with Crippen LogP contribution in [-0.2, 0) is 0 Å². The molecule has 0 aromatic carbocycles. The van der Waals surface area contributed by atoms with Crippen LogP contribution in [0, 0.1) is 6.92 Å². The molecule has 6 nitrogen and oxygen atoms in total. The molecule has 1 unspecified atom stereocenters. The van der Waals surface area contributed by atoms with Crippen LogP contribution >= 0.6 is 0 Å². The summed E-state index contributed by atoms with van der Waals surface area (Å²) in [5, 5.41) is 8.18. The lowest BCUT2D eigenvalue weighted by Crippen LogP contribution is -2.27. The first kappa shape index (κ1) is 16.1. The van der Waals surface area contributed by atoms with Gasteiger partial charge in [-0.2, -0.15) is 5.10 Å². The third-order valence-electron chi connectivity index (χ3n) is 3.96. The monoisotopic (exact) mass is 323 g/mol. The maximum Gasteiger partial charge on any atom is 0.252 e. The first-order chi connectivity index (χ1) is 11.5. The van der Waals surface area contributed by atoms with E-state index in [1.807, 2.05) is 44.5 Å². The number of fused-ring (bicyclic) bond motifs is 1. The molecule has 0 bridgehead atoms. The molecule has 0 aliphatic heterocycles. The summed E-state index contributed by atoms with van der Waals surface area (Å²) in [6, 6.07) is 5.67. The van der Waals surface area contributed by atoms with E-state index in [0.29, 0.717) is 5.56 Å². The zero-order valence-electron chi connectivity index (χ0n) is 14.3. The SMILES string of the molecule is Cc1cc(C(=O)NC(C)c2cccnc2)c2cnn(C(C)C)c2n1. The van der Waals surface area contributed by atoms with Crippen LogP contribution < -0.4 is 5.32 Å². The summed E-state index contributed by atoms with van der Waals surface area (Å²) in [6.45, 7) is 7.91. The average Bonchev–Trinajstić information content (AvgIpc) is 2.98. The van der Waals surface area contributed by atoms with Gasteiger partial charge in [-0.1, -0.05) is 6.07 Å². The van der Waals surface area contributed by atoms with Crippen LogP contribution in [0.1, 0.15) is 54.5 Å². The van der Waals surface area contributed by atoms with E-state index in [1.54, 1.807) is 24.7 Å². The lowest BCUT2D eigenvalue weighted by molar-refractivity contribution is 0.0941. The predicted molar refractivity (Wildman–Crippen MR) is 92.8 cm³/mol. The normalized spacial score (nSPS) is 12.5. The molecule has 3 aromatic heterocycles. The van der Waals surface area contributed by atoms with Gasteiger partial charge in [-0.15, -0.1) is 0 Å². The summed E-state index contributed by atoms with van der Waals surface area (Å²) >= 11 is 0. The van der Waals surface area contributed by atoms with Crippen molar-refractivity contribution in [2.75, 3.05) is 0 Å². The van der Waals surface area contributed by atoms with E-state index in [1.165, 1.54) is 0 Å². The Hall–Kier alpha value is -2.76. The number of amides is 1. The number of aromatic nitrogens is 4. The third-order valence-corrected chi connectivity index (χ3v) is 3.96. The van der Waals surface area contributed by atoms with Crippen molar-refractivity contribution in [3.63, 3.8) is 0 Å². The molecule has 0 aliphatic rings. The number of hydrogen-bond donors (Lipinski definition) is 1. The van der Waals surface area contributed by atoms with Crippen LogP contribution in [0.5, 0.6) is 0 Å². The standard InChI is InChI=1S/C18H21N5O/c1-11(2)23-17-16(10-20-23)15(8-12(3)21-17)18(24)22-13(4)14-6-5-7-19-9-14/h5-11,13H,1-4H3,(H,22,24). The zero-order valence-corrected chi connectivity index (χ0v) is 14.3. The largest absolute Gasteiger partial charge is 0.345 e. The molecule has 1 N–H and O–H groups in total. The smallest absolute Gasteiger partial charge is 0.252 e. The van der Waals surface area contributed by atoms with Gasteiger partial charge in [0, 0.05) is 24.1 Å². The Morgan fingerprint density at radius 1 is 1.25 bits per heavy atom. The Morgan fingerprint density at radius 3 is 2.71 bits per heavy atom. The van der Waals surface area contributed by atoms with Gasteiger partial charge in [0.1, 0.15) is 0 Å². The summed E-state index contributed by atoms with van der Waals surface area (Å²) in [6.07, 6.45) is 5.19. The Morgan fingerprint density at radius 2 is 2.04 bits per heavy atom. The van der Waals surface area contributed by atoms with Crippen molar-refractivity contribution in [1.82, 2.24) is 25.1 Å². The Kier molecular flexibility index (Phi) is 4.29. The molecule has 3 heterocycles. The number of pyridine rings is 2. The molecule has 3 aromatic rings. The van der Waals surface area contributed by atoms with E-state index in [-0.39, 0.29) is 18.0 Å². The maximum atomic E-state index is 12.8. The fourth-order valence-corrected chi connectivity index (χ4v) is 2.70. The van der Waals surface area contributed by atoms with Crippen molar-refractivity contribution < 1.29 is 4.79 Å². The minimum Gasteiger partial charge on any atom is -0.345 e. The quantitative estimate of drug-likeness (QED) is 0.800.